The van der Waals surface area contributed by atoms with Crippen LogP contribution in [-0.2, 0) is 16.7 Å². The predicted molar refractivity (Wildman–Crippen MR) is 125 cm³/mol. The molecule has 0 atom stereocenters. The predicted octanol–water partition coefficient (Wildman–Crippen LogP) is 4.48. The Kier molecular flexibility index (Phi) is 9.05. The second-order valence-corrected chi connectivity index (χ2v) is 8.19. The molecule has 148 valence electrons. The van der Waals surface area contributed by atoms with Crippen molar-refractivity contribution in [2.45, 2.75) is 38.6 Å². The number of ether oxygens (including phenoxy) is 1. The van der Waals surface area contributed by atoms with Gasteiger partial charge >= 0.3 is 0 Å². The minimum atomic E-state index is 0. The molecule has 1 aliphatic rings. The summed E-state index contributed by atoms with van der Waals surface area (Å²) in [5.41, 5.74) is 1.50. The number of nitrogens with one attached hydrogen (secondary N) is 2. The molecule has 27 heavy (non-hydrogen) atoms. The van der Waals surface area contributed by atoms with Crippen LogP contribution >= 0.6 is 35.3 Å². The van der Waals surface area contributed by atoms with E-state index in [1.165, 1.54) is 15.3 Å². The van der Waals surface area contributed by atoms with Gasteiger partial charge in [-0.15, -0.1) is 35.3 Å². The molecule has 0 aliphatic carbocycles. The number of hydrogen-bond acceptors (Lipinski definition) is 3. The summed E-state index contributed by atoms with van der Waals surface area (Å²) in [6.07, 6.45) is 2.07. The SMILES string of the molecule is CCNC(=NCc1ccc(C)s1)NCC1(c2ccccc2)CCOCC1.I. The monoisotopic (exact) mass is 499 g/mol. The standard InChI is InChI=1S/C21H29N3OS.HI/c1-3-22-20(23-15-19-10-9-17(2)26-19)24-16-21(11-13-25-14-12-21)18-7-5-4-6-8-18;/h4-10H,3,11-16H2,1-2H3,(H2,22,23,24);1H. The Morgan fingerprint density at radius 3 is 2.48 bits per heavy atom. The van der Waals surface area contributed by atoms with Crippen molar-refractivity contribution in [1.82, 2.24) is 10.6 Å². The Morgan fingerprint density at radius 2 is 1.85 bits per heavy atom. The highest BCUT2D eigenvalue weighted by Crippen LogP contribution is 2.34. The molecule has 0 bridgehead atoms. The summed E-state index contributed by atoms with van der Waals surface area (Å²) >= 11 is 1.81. The molecule has 2 N–H and O–H groups in total. The summed E-state index contributed by atoms with van der Waals surface area (Å²) in [6, 6.07) is 15.1. The first-order valence-corrected chi connectivity index (χ1v) is 10.2. The number of thiophene rings is 1. The van der Waals surface area contributed by atoms with Crippen molar-refractivity contribution in [2.75, 3.05) is 26.3 Å². The Morgan fingerprint density at radius 1 is 1.11 bits per heavy atom. The van der Waals surface area contributed by atoms with Crippen LogP contribution in [0.25, 0.3) is 0 Å². The number of aliphatic imine (C=N–C) groups is 1. The fraction of sp³-hybridized carbons (Fsp3) is 0.476. The van der Waals surface area contributed by atoms with Crippen LogP contribution in [0.5, 0.6) is 0 Å². The first-order chi connectivity index (χ1) is 12.7. The van der Waals surface area contributed by atoms with E-state index in [1.807, 2.05) is 11.3 Å². The highest BCUT2D eigenvalue weighted by molar-refractivity contribution is 14.0. The van der Waals surface area contributed by atoms with Crippen LogP contribution in [0.1, 0.15) is 35.1 Å². The summed E-state index contributed by atoms with van der Waals surface area (Å²) in [5.74, 6) is 0.889. The van der Waals surface area contributed by atoms with E-state index in [2.05, 4.69) is 66.9 Å². The molecular formula is C21H30IN3OS. The summed E-state index contributed by atoms with van der Waals surface area (Å²) < 4.78 is 5.64. The highest BCUT2D eigenvalue weighted by atomic mass is 127. The average Bonchev–Trinajstić information content (AvgIpc) is 3.11. The van der Waals surface area contributed by atoms with Gasteiger partial charge in [0.2, 0.25) is 0 Å². The van der Waals surface area contributed by atoms with Gasteiger partial charge in [0.15, 0.2) is 5.96 Å². The van der Waals surface area contributed by atoms with E-state index >= 15 is 0 Å². The lowest BCUT2D eigenvalue weighted by molar-refractivity contribution is 0.0514. The lowest BCUT2D eigenvalue weighted by Gasteiger charge is -2.38. The van der Waals surface area contributed by atoms with Crippen molar-refractivity contribution >= 4 is 41.3 Å². The molecule has 0 spiro atoms. The van der Waals surface area contributed by atoms with Crippen LogP contribution in [-0.4, -0.2) is 32.3 Å². The second kappa shape index (κ2) is 11.0. The third-order valence-corrected chi connectivity index (χ3v) is 5.95. The summed E-state index contributed by atoms with van der Waals surface area (Å²) in [7, 11) is 0. The topological polar surface area (TPSA) is 45.7 Å². The van der Waals surface area contributed by atoms with Crippen LogP contribution in [0.15, 0.2) is 47.5 Å². The third kappa shape index (κ3) is 6.19. The van der Waals surface area contributed by atoms with Gasteiger partial charge in [-0.25, -0.2) is 4.99 Å². The number of nitrogens with zero attached hydrogens (tertiary/aromatic N) is 1. The Hall–Kier alpha value is -1.12. The quantitative estimate of drug-likeness (QED) is 0.350. The molecule has 4 nitrogen and oxygen atoms in total. The zero-order valence-corrected chi connectivity index (χ0v) is 19.3. The Bertz CT molecular complexity index is 711. The fourth-order valence-corrected chi connectivity index (χ4v) is 4.26. The van der Waals surface area contributed by atoms with Crippen LogP contribution in [0, 0.1) is 6.92 Å². The zero-order chi connectivity index (χ0) is 18.2. The first-order valence-electron chi connectivity index (χ1n) is 9.43. The maximum absolute atomic E-state index is 5.64. The minimum absolute atomic E-state index is 0. The molecule has 1 fully saturated rings. The molecule has 1 aromatic carbocycles. The molecule has 0 unspecified atom stereocenters. The summed E-state index contributed by atoms with van der Waals surface area (Å²) in [5, 5.41) is 6.97. The van der Waals surface area contributed by atoms with Crippen molar-refractivity contribution < 1.29 is 4.74 Å². The number of halogens is 1. The lowest BCUT2D eigenvalue weighted by atomic mass is 9.74. The number of benzene rings is 1. The third-order valence-electron chi connectivity index (χ3n) is 4.96. The van der Waals surface area contributed by atoms with Gasteiger partial charge in [-0.2, -0.15) is 0 Å². The molecule has 6 heteroatoms. The fourth-order valence-electron chi connectivity index (χ4n) is 3.44. The largest absolute Gasteiger partial charge is 0.381 e. The Labute approximate surface area is 183 Å². The molecule has 0 radical (unpaired) electrons. The van der Waals surface area contributed by atoms with Gasteiger partial charge in [0.05, 0.1) is 6.54 Å². The van der Waals surface area contributed by atoms with Gasteiger partial charge in [-0.3, -0.25) is 0 Å². The van der Waals surface area contributed by atoms with Crippen LogP contribution in [0.4, 0.5) is 0 Å². The van der Waals surface area contributed by atoms with Gasteiger partial charge in [-0.05, 0) is 44.4 Å². The van der Waals surface area contributed by atoms with Crippen molar-refractivity contribution in [3.05, 3.63) is 57.8 Å². The highest BCUT2D eigenvalue weighted by Gasteiger charge is 2.34. The molecule has 2 aromatic rings. The molecular weight excluding hydrogens is 469 g/mol. The average molecular weight is 499 g/mol. The summed E-state index contributed by atoms with van der Waals surface area (Å²) in [4.78, 5) is 7.41. The zero-order valence-electron chi connectivity index (χ0n) is 16.2. The number of aryl methyl sites for hydroxylation is 1. The van der Waals surface area contributed by atoms with Gasteiger partial charge in [0.1, 0.15) is 0 Å². The van der Waals surface area contributed by atoms with E-state index in [0.717, 1.165) is 51.6 Å². The maximum atomic E-state index is 5.64. The minimum Gasteiger partial charge on any atom is -0.381 e. The van der Waals surface area contributed by atoms with E-state index in [1.54, 1.807) is 0 Å². The molecule has 0 amide bonds. The van der Waals surface area contributed by atoms with Crippen molar-refractivity contribution in [1.29, 1.82) is 0 Å². The van der Waals surface area contributed by atoms with E-state index in [0.29, 0.717) is 0 Å². The lowest BCUT2D eigenvalue weighted by Crippen LogP contribution is -2.48. The number of hydrogen-bond donors (Lipinski definition) is 2. The molecule has 2 heterocycles. The first kappa shape index (κ1) is 22.2. The van der Waals surface area contributed by atoms with E-state index in [-0.39, 0.29) is 29.4 Å². The van der Waals surface area contributed by atoms with E-state index in [9.17, 15) is 0 Å². The van der Waals surface area contributed by atoms with Crippen molar-refractivity contribution in [3.8, 4) is 0 Å². The smallest absolute Gasteiger partial charge is 0.191 e. The van der Waals surface area contributed by atoms with Crippen molar-refractivity contribution in [3.63, 3.8) is 0 Å². The number of rotatable bonds is 6. The molecule has 1 aliphatic heterocycles. The molecule has 1 saturated heterocycles. The van der Waals surface area contributed by atoms with Gasteiger partial charge < -0.3 is 15.4 Å². The maximum Gasteiger partial charge on any atom is 0.191 e. The molecule has 1 aromatic heterocycles. The van der Waals surface area contributed by atoms with E-state index in [4.69, 9.17) is 9.73 Å². The second-order valence-electron chi connectivity index (χ2n) is 6.82. The van der Waals surface area contributed by atoms with Crippen molar-refractivity contribution in [2.24, 2.45) is 4.99 Å². The van der Waals surface area contributed by atoms with Gasteiger partial charge in [0.25, 0.3) is 0 Å². The normalized spacial score (nSPS) is 16.4. The van der Waals surface area contributed by atoms with E-state index < -0.39 is 0 Å². The number of guanidine groups is 1. The van der Waals surface area contributed by atoms with Crippen LogP contribution < -0.4 is 10.6 Å². The van der Waals surface area contributed by atoms with Crippen LogP contribution in [0.3, 0.4) is 0 Å². The van der Waals surface area contributed by atoms with Gasteiger partial charge in [0, 0.05) is 41.5 Å². The molecule has 3 rings (SSSR count). The Balaban J connectivity index is 0.00000261. The summed E-state index contributed by atoms with van der Waals surface area (Å²) in [6.45, 7) is 8.32. The molecule has 0 saturated carbocycles. The van der Waals surface area contributed by atoms with Crippen LogP contribution in [0.2, 0.25) is 0 Å². The van der Waals surface area contributed by atoms with Gasteiger partial charge in [-0.1, -0.05) is 30.3 Å².